The molecule has 1 aliphatic rings. The van der Waals surface area contributed by atoms with Crippen LogP contribution < -0.4 is 9.62 Å². The van der Waals surface area contributed by atoms with Gasteiger partial charge in [0.05, 0.1) is 11.1 Å². The number of nitrogens with zero attached hydrogens (tertiary/aromatic N) is 4. The molecule has 8 heteroatoms. The molecule has 0 amide bonds. The van der Waals surface area contributed by atoms with Crippen molar-refractivity contribution in [3.63, 3.8) is 0 Å². The van der Waals surface area contributed by atoms with Gasteiger partial charge < -0.3 is 9.47 Å². The zero-order valence-corrected chi connectivity index (χ0v) is 19.4. The fourth-order valence-electron chi connectivity index (χ4n) is 4.31. The van der Waals surface area contributed by atoms with Crippen LogP contribution in [0.25, 0.3) is 22.2 Å². The molecule has 5 rings (SSSR count). The minimum Gasteiger partial charge on any atom is -0.374 e. The molecule has 0 atom stereocenters. The fraction of sp³-hybridized carbons (Fsp3) is 0.250. The van der Waals surface area contributed by atoms with Crippen LogP contribution in [0.1, 0.15) is 16.8 Å². The maximum absolute atomic E-state index is 13.1. The maximum atomic E-state index is 13.1. The van der Waals surface area contributed by atoms with Crippen molar-refractivity contribution in [1.82, 2.24) is 14.5 Å². The molecule has 0 radical (unpaired) electrons. The van der Waals surface area contributed by atoms with Crippen LogP contribution in [0.15, 0.2) is 53.8 Å². The average Bonchev–Trinajstić information content (AvgIpc) is 3.28. The number of benzene rings is 1. The van der Waals surface area contributed by atoms with E-state index < -0.39 is 10.0 Å². The summed E-state index contributed by atoms with van der Waals surface area (Å²) in [7, 11) is 0.170. The lowest BCUT2D eigenvalue weighted by molar-refractivity contribution is 0.597. The van der Waals surface area contributed by atoms with E-state index in [1.165, 1.54) is 17.3 Å². The highest BCUT2D eigenvalue weighted by Gasteiger charge is 2.23. The molecule has 0 aliphatic carbocycles. The molecular formula is C24H25N5O2S. The number of anilines is 2. The second-order valence-corrected chi connectivity index (χ2v) is 10.1. The number of aromatic nitrogens is 3. The molecule has 1 N–H and O–H groups in total. The Morgan fingerprint density at radius 1 is 1.06 bits per heavy atom. The van der Waals surface area contributed by atoms with E-state index >= 15 is 0 Å². The van der Waals surface area contributed by atoms with Crippen LogP contribution in [0.2, 0.25) is 0 Å². The van der Waals surface area contributed by atoms with Crippen LogP contribution in [0.5, 0.6) is 0 Å². The van der Waals surface area contributed by atoms with E-state index in [1.807, 2.05) is 31.7 Å². The summed E-state index contributed by atoms with van der Waals surface area (Å²) in [6.45, 7) is 4.74. The van der Waals surface area contributed by atoms with Gasteiger partial charge in [-0.25, -0.2) is 9.97 Å². The number of aryl methyl sites for hydroxylation is 3. The van der Waals surface area contributed by atoms with Crippen molar-refractivity contribution in [1.29, 1.82) is 0 Å². The highest BCUT2D eigenvalue weighted by atomic mass is 32.2. The van der Waals surface area contributed by atoms with Crippen LogP contribution in [0, 0.1) is 13.8 Å². The molecule has 3 aromatic heterocycles. The fourth-order valence-corrected chi connectivity index (χ4v) is 5.31. The molecule has 0 bridgehead atoms. The maximum Gasteiger partial charge on any atom is 0.279 e. The van der Waals surface area contributed by atoms with Crippen LogP contribution >= 0.6 is 0 Å². The molecule has 164 valence electrons. The SMILES string of the molecule is Cc1ccc(S(=O)(=O)Nc2cc(C)nc3c2c(-c2ccc4c(c2)N(C)CC4)cn3C)nc1. The van der Waals surface area contributed by atoms with Gasteiger partial charge in [0, 0.05) is 50.0 Å². The van der Waals surface area contributed by atoms with E-state index in [9.17, 15) is 8.42 Å². The van der Waals surface area contributed by atoms with Crippen LogP contribution in [0.4, 0.5) is 11.4 Å². The number of hydrogen-bond acceptors (Lipinski definition) is 5. The number of nitrogens with one attached hydrogen (secondary N) is 1. The topological polar surface area (TPSA) is 80.1 Å². The second kappa shape index (κ2) is 7.34. The number of fused-ring (bicyclic) bond motifs is 2. The molecule has 1 aromatic carbocycles. The summed E-state index contributed by atoms with van der Waals surface area (Å²) >= 11 is 0. The lowest BCUT2D eigenvalue weighted by Gasteiger charge is -2.14. The Hall–Kier alpha value is -3.39. The Morgan fingerprint density at radius 3 is 2.62 bits per heavy atom. The van der Waals surface area contributed by atoms with Gasteiger partial charge in [-0.3, -0.25) is 4.72 Å². The molecule has 4 heterocycles. The molecule has 0 saturated heterocycles. The minimum atomic E-state index is -3.85. The summed E-state index contributed by atoms with van der Waals surface area (Å²) in [4.78, 5) is 11.0. The monoisotopic (exact) mass is 447 g/mol. The van der Waals surface area contributed by atoms with Gasteiger partial charge in [-0.05, 0) is 55.2 Å². The summed E-state index contributed by atoms with van der Waals surface area (Å²) in [6, 6.07) is 11.5. The van der Waals surface area contributed by atoms with E-state index in [-0.39, 0.29) is 5.03 Å². The summed E-state index contributed by atoms with van der Waals surface area (Å²) < 4.78 is 30.9. The van der Waals surface area contributed by atoms with Crippen molar-refractivity contribution < 1.29 is 8.42 Å². The predicted molar refractivity (Wildman–Crippen MR) is 128 cm³/mol. The van der Waals surface area contributed by atoms with Crippen molar-refractivity contribution in [2.24, 2.45) is 7.05 Å². The first-order valence-corrected chi connectivity index (χ1v) is 12.0. The Morgan fingerprint density at radius 2 is 1.88 bits per heavy atom. The number of rotatable bonds is 4. The highest BCUT2D eigenvalue weighted by Crippen LogP contribution is 2.39. The van der Waals surface area contributed by atoms with Crippen molar-refractivity contribution in [3.05, 3.63) is 65.6 Å². The Kier molecular flexibility index (Phi) is 4.70. The van der Waals surface area contributed by atoms with E-state index in [0.717, 1.165) is 46.4 Å². The van der Waals surface area contributed by atoms with Crippen molar-refractivity contribution >= 4 is 32.4 Å². The molecular weight excluding hydrogens is 422 g/mol. The van der Waals surface area contributed by atoms with Gasteiger partial charge in [0.15, 0.2) is 5.03 Å². The third kappa shape index (κ3) is 3.40. The number of sulfonamides is 1. The molecule has 0 unspecified atom stereocenters. The summed E-state index contributed by atoms with van der Waals surface area (Å²) in [5, 5.41) is 0.761. The normalized spacial score (nSPS) is 13.6. The third-order valence-electron chi connectivity index (χ3n) is 5.98. The minimum absolute atomic E-state index is 0.0117. The molecule has 0 saturated carbocycles. The van der Waals surface area contributed by atoms with E-state index in [0.29, 0.717) is 5.69 Å². The summed E-state index contributed by atoms with van der Waals surface area (Å²) in [6.07, 6.45) is 4.60. The molecule has 0 fully saturated rings. The van der Waals surface area contributed by atoms with E-state index in [2.05, 4.69) is 44.8 Å². The van der Waals surface area contributed by atoms with Gasteiger partial charge in [0.25, 0.3) is 10.0 Å². The van der Waals surface area contributed by atoms with Crippen molar-refractivity contribution in [2.45, 2.75) is 25.3 Å². The Balaban J connectivity index is 1.67. The largest absolute Gasteiger partial charge is 0.374 e. The zero-order valence-electron chi connectivity index (χ0n) is 18.5. The molecule has 4 aromatic rings. The zero-order chi connectivity index (χ0) is 22.6. The van der Waals surface area contributed by atoms with Gasteiger partial charge in [-0.2, -0.15) is 8.42 Å². The summed E-state index contributed by atoms with van der Waals surface area (Å²) in [5.41, 5.74) is 7.37. The van der Waals surface area contributed by atoms with Gasteiger partial charge >= 0.3 is 0 Å². The molecule has 1 aliphatic heterocycles. The van der Waals surface area contributed by atoms with Gasteiger partial charge in [0.1, 0.15) is 5.65 Å². The lowest BCUT2D eigenvalue weighted by atomic mass is 10.0. The van der Waals surface area contributed by atoms with Gasteiger partial charge in [0.2, 0.25) is 0 Å². The van der Waals surface area contributed by atoms with Crippen LogP contribution in [-0.2, 0) is 23.5 Å². The van der Waals surface area contributed by atoms with Gasteiger partial charge in [-0.15, -0.1) is 0 Å². The Bertz CT molecular complexity index is 1460. The number of pyridine rings is 2. The van der Waals surface area contributed by atoms with E-state index in [4.69, 9.17) is 0 Å². The summed E-state index contributed by atoms with van der Waals surface area (Å²) in [5.74, 6) is 0. The molecule has 32 heavy (non-hydrogen) atoms. The first-order chi connectivity index (χ1) is 15.2. The average molecular weight is 448 g/mol. The van der Waals surface area contributed by atoms with Crippen molar-refractivity contribution in [3.8, 4) is 11.1 Å². The van der Waals surface area contributed by atoms with Gasteiger partial charge in [-0.1, -0.05) is 18.2 Å². The molecule has 7 nitrogen and oxygen atoms in total. The Labute approximate surface area is 187 Å². The molecule has 0 spiro atoms. The third-order valence-corrected chi connectivity index (χ3v) is 7.26. The second-order valence-electron chi connectivity index (χ2n) is 8.46. The van der Waals surface area contributed by atoms with E-state index in [1.54, 1.807) is 18.3 Å². The number of likely N-dealkylation sites (N-methyl/N-ethyl adjacent to an activating group) is 1. The highest BCUT2D eigenvalue weighted by molar-refractivity contribution is 7.92. The quantitative estimate of drug-likeness (QED) is 0.511. The predicted octanol–water partition coefficient (Wildman–Crippen LogP) is 4.05. The smallest absolute Gasteiger partial charge is 0.279 e. The first-order valence-electron chi connectivity index (χ1n) is 10.5. The first kappa shape index (κ1) is 20.5. The standard InChI is InChI=1S/C24H25N5O2S/c1-15-5-8-22(25-13-15)32(30,31)27-20-11-16(2)26-24-23(20)19(14-29(24)4)18-7-6-17-9-10-28(3)21(17)12-18/h5-8,11-14H,9-10H2,1-4H3,(H,26,27). The van der Waals surface area contributed by atoms with Crippen LogP contribution in [0.3, 0.4) is 0 Å². The number of hydrogen-bond donors (Lipinski definition) is 1. The lowest BCUT2D eigenvalue weighted by Crippen LogP contribution is -2.15. The van der Waals surface area contributed by atoms with Crippen molar-refractivity contribution in [2.75, 3.05) is 23.2 Å². The van der Waals surface area contributed by atoms with Crippen LogP contribution in [-0.4, -0.2) is 36.5 Å².